The van der Waals surface area contributed by atoms with E-state index in [1.54, 1.807) is 0 Å². The van der Waals surface area contributed by atoms with Crippen molar-refractivity contribution in [3.8, 4) is 0 Å². The third kappa shape index (κ3) is 4.89. The molecule has 1 fully saturated rings. The average molecular weight is 310 g/mol. The Morgan fingerprint density at radius 1 is 1.39 bits per heavy atom. The molecule has 0 aromatic carbocycles. The highest BCUT2D eigenvalue weighted by molar-refractivity contribution is 5.85. The van der Waals surface area contributed by atoms with Crippen LogP contribution in [0.2, 0.25) is 0 Å². The van der Waals surface area contributed by atoms with E-state index in [1.165, 1.54) is 42.7 Å². The molecular weight excluding hydrogens is 280 g/mol. The molecule has 0 N–H and O–H groups in total. The number of aliphatic imine (C=N–C) groups is 1. The van der Waals surface area contributed by atoms with Crippen LogP contribution in [0.5, 0.6) is 0 Å². The van der Waals surface area contributed by atoms with Crippen molar-refractivity contribution in [2.45, 2.75) is 59.8 Å². The Hall–Kier alpha value is -1.70. The van der Waals surface area contributed by atoms with Crippen LogP contribution in [-0.4, -0.2) is 10.7 Å². The third-order valence-electron chi connectivity index (χ3n) is 4.97. The fourth-order valence-corrected chi connectivity index (χ4v) is 2.98. The van der Waals surface area contributed by atoms with Crippen LogP contribution in [0.3, 0.4) is 0 Å². The first kappa shape index (κ1) is 17.7. The van der Waals surface area contributed by atoms with E-state index < -0.39 is 0 Å². The van der Waals surface area contributed by atoms with Gasteiger partial charge >= 0.3 is 0 Å². The van der Waals surface area contributed by atoms with Gasteiger partial charge in [0.1, 0.15) is 0 Å². The van der Waals surface area contributed by atoms with Crippen LogP contribution in [0.4, 0.5) is 0 Å². The summed E-state index contributed by atoms with van der Waals surface area (Å²) >= 11 is 0. The van der Waals surface area contributed by atoms with Crippen LogP contribution >= 0.6 is 0 Å². The quantitative estimate of drug-likeness (QED) is 0.468. The van der Waals surface area contributed by atoms with E-state index in [0.29, 0.717) is 11.8 Å². The second kappa shape index (κ2) is 8.24. The molecule has 0 aliphatic heterocycles. The van der Waals surface area contributed by atoms with Gasteiger partial charge in [-0.1, -0.05) is 39.3 Å². The van der Waals surface area contributed by atoms with Gasteiger partial charge in [-0.3, -0.25) is 9.98 Å². The van der Waals surface area contributed by atoms with Gasteiger partial charge in [0.05, 0.1) is 5.69 Å². The van der Waals surface area contributed by atoms with E-state index in [1.807, 2.05) is 12.3 Å². The molecule has 2 nitrogen and oxygen atoms in total. The van der Waals surface area contributed by atoms with E-state index >= 15 is 0 Å². The molecule has 1 aromatic rings. The lowest BCUT2D eigenvalue weighted by Gasteiger charge is -2.15. The summed E-state index contributed by atoms with van der Waals surface area (Å²) in [6.07, 6.45) is 10.3. The monoisotopic (exact) mass is 310 g/mol. The maximum Gasteiger partial charge on any atom is 0.0696 e. The van der Waals surface area contributed by atoms with E-state index in [9.17, 15) is 0 Å². The number of hydrogen-bond acceptors (Lipinski definition) is 2. The molecular formula is C21H30N2. The van der Waals surface area contributed by atoms with Crippen molar-refractivity contribution in [1.82, 2.24) is 4.98 Å². The van der Waals surface area contributed by atoms with Gasteiger partial charge in [-0.05, 0) is 62.3 Å². The van der Waals surface area contributed by atoms with Crippen molar-refractivity contribution >= 4 is 11.3 Å². The van der Waals surface area contributed by atoms with Gasteiger partial charge in [-0.25, -0.2) is 0 Å². The summed E-state index contributed by atoms with van der Waals surface area (Å²) in [7, 11) is 0. The van der Waals surface area contributed by atoms with Crippen molar-refractivity contribution in [1.29, 1.82) is 0 Å². The maximum atomic E-state index is 5.00. The standard InChI is InChI=1S/C21H30N2/c1-6-16(3)18(5)23-21(19-9-7-8-10-19)13-17(4)20-12-11-15(2)14-22-20/h11-14,16,19H,4,6-10H2,1-3,5H3/b21-13-,23-18?. The Morgan fingerprint density at radius 2 is 2.09 bits per heavy atom. The van der Waals surface area contributed by atoms with Crippen LogP contribution < -0.4 is 0 Å². The number of aryl methyl sites for hydroxylation is 1. The summed E-state index contributed by atoms with van der Waals surface area (Å²) in [5.41, 5.74) is 5.52. The minimum atomic E-state index is 0.533. The molecule has 1 unspecified atom stereocenters. The third-order valence-corrected chi connectivity index (χ3v) is 4.97. The van der Waals surface area contributed by atoms with Gasteiger partial charge in [0.25, 0.3) is 0 Å². The summed E-state index contributed by atoms with van der Waals surface area (Å²) in [5, 5.41) is 0. The zero-order chi connectivity index (χ0) is 16.8. The highest BCUT2D eigenvalue weighted by atomic mass is 14.8. The van der Waals surface area contributed by atoms with Gasteiger partial charge in [-0.2, -0.15) is 0 Å². The topological polar surface area (TPSA) is 25.2 Å². The van der Waals surface area contributed by atoms with Crippen molar-refractivity contribution in [3.05, 3.63) is 47.9 Å². The number of aromatic nitrogens is 1. The molecule has 1 atom stereocenters. The molecule has 2 rings (SSSR count). The molecule has 2 heteroatoms. The lowest BCUT2D eigenvalue weighted by Crippen LogP contribution is -2.08. The lowest BCUT2D eigenvalue weighted by molar-refractivity contribution is 0.631. The van der Waals surface area contributed by atoms with E-state index in [4.69, 9.17) is 4.99 Å². The van der Waals surface area contributed by atoms with Crippen LogP contribution in [0.15, 0.2) is 41.7 Å². The van der Waals surface area contributed by atoms with Crippen molar-refractivity contribution in [3.63, 3.8) is 0 Å². The number of hydrogen-bond donors (Lipinski definition) is 0. The molecule has 1 heterocycles. The molecule has 124 valence electrons. The number of pyridine rings is 1. The average Bonchev–Trinajstić information content (AvgIpc) is 3.08. The number of rotatable bonds is 6. The van der Waals surface area contributed by atoms with Crippen LogP contribution in [0.25, 0.3) is 5.57 Å². The second-order valence-electron chi connectivity index (χ2n) is 6.86. The van der Waals surface area contributed by atoms with Crippen molar-refractivity contribution < 1.29 is 0 Å². The van der Waals surface area contributed by atoms with Crippen molar-refractivity contribution in [2.24, 2.45) is 16.8 Å². The van der Waals surface area contributed by atoms with E-state index in [0.717, 1.165) is 17.7 Å². The molecule has 0 radical (unpaired) electrons. The van der Waals surface area contributed by atoms with Gasteiger partial charge in [0, 0.05) is 23.5 Å². The predicted molar refractivity (Wildman–Crippen MR) is 101 cm³/mol. The Balaban J connectivity index is 2.28. The van der Waals surface area contributed by atoms with Gasteiger partial charge in [-0.15, -0.1) is 0 Å². The molecule has 0 amide bonds. The predicted octanol–water partition coefficient (Wildman–Crippen LogP) is 5.98. The van der Waals surface area contributed by atoms with E-state index in [2.05, 4.69) is 51.4 Å². The minimum Gasteiger partial charge on any atom is -0.262 e. The number of nitrogens with zero attached hydrogens (tertiary/aromatic N) is 2. The largest absolute Gasteiger partial charge is 0.262 e. The summed E-state index contributed by atoms with van der Waals surface area (Å²) in [6.45, 7) is 12.9. The highest BCUT2D eigenvalue weighted by Crippen LogP contribution is 2.33. The fraction of sp³-hybridized carbons (Fsp3) is 0.524. The van der Waals surface area contributed by atoms with Gasteiger partial charge in [0.15, 0.2) is 0 Å². The number of allylic oxidation sites excluding steroid dienone is 3. The van der Waals surface area contributed by atoms with Crippen LogP contribution in [0.1, 0.15) is 64.1 Å². The lowest BCUT2D eigenvalue weighted by atomic mass is 9.99. The SMILES string of the molecule is C=C(/C=C(\N=C(C)C(C)CC)C1CCCC1)c1ccc(C)cn1. The maximum absolute atomic E-state index is 5.00. The molecule has 1 aromatic heterocycles. The Morgan fingerprint density at radius 3 is 2.65 bits per heavy atom. The smallest absolute Gasteiger partial charge is 0.0696 e. The van der Waals surface area contributed by atoms with Crippen LogP contribution in [0, 0.1) is 18.8 Å². The molecule has 1 saturated carbocycles. The summed E-state index contributed by atoms with van der Waals surface area (Å²) in [6, 6.07) is 4.13. The molecule has 1 aliphatic rings. The first-order valence-electron chi connectivity index (χ1n) is 8.90. The Labute approximate surface area is 141 Å². The first-order chi connectivity index (χ1) is 11.0. The Bertz CT molecular complexity index is 587. The highest BCUT2D eigenvalue weighted by Gasteiger charge is 2.20. The second-order valence-corrected chi connectivity index (χ2v) is 6.86. The molecule has 23 heavy (non-hydrogen) atoms. The fourth-order valence-electron chi connectivity index (χ4n) is 2.98. The minimum absolute atomic E-state index is 0.533. The van der Waals surface area contributed by atoms with Crippen molar-refractivity contribution in [2.75, 3.05) is 0 Å². The molecule has 0 bridgehead atoms. The summed E-state index contributed by atoms with van der Waals surface area (Å²) < 4.78 is 0. The molecule has 0 saturated heterocycles. The normalized spacial score (nSPS) is 18.3. The van der Waals surface area contributed by atoms with E-state index in [-0.39, 0.29) is 0 Å². The zero-order valence-corrected chi connectivity index (χ0v) is 15.1. The zero-order valence-electron chi connectivity index (χ0n) is 15.1. The summed E-state index contributed by atoms with van der Waals surface area (Å²) in [4.78, 5) is 9.50. The first-order valence-corrected chi connectivity index (χ1v) is 8.90. The summed E-state index contributed by atoms with van der Waals surface area (Å²) in [5.74, 6) is 1.11. The Kier molecular flexibility index (Phi) is 6.32. The van der Waals surface area contributed by atoms with Gasteiger partial charge in [0.2, 0.25) is 0 Å². The molecule has 1 aliphatic carbocycles. The molecule has 0 spiro atoms. The van der Waals surface area contributed by atoms with Gasteiger partial charge < -0.3 is 0 Å². The van der Waals surface area contributed by atoms with Crippen LogP contribution in [-0.2, 0) is 0 Å².